The van der Waals surface area contributed by atoms with Crippen molar-refractivity contribution in [3.8, 4) is 0 Å². The Hall–Kier alpha value is -1.26. The molecule has 0 unspecified atom stereocenters. The van der Waals surface area contributed by atoms with Crippen molar-refractivity contribution in [2.24, 2.45) is 0 Å². The minimum Gasteiger partial charge on any atom is -0.743 e. The molecule has 0 aromatic rings. The summed E-state index contributed by atoms with van der Waals surface area (Å²) in [5.41, 5.74) is 0. The van der Waals surface area contributed by atoms with Crippen molar-refractivity contribution in [2.45, 2.75) is 106 Å². The molecule has 0 aliphatic rings. The molecule has 0 saturated heterocycles. The van der Waals surface area contributed by atoms with Crippen molar-refractivity contribution in [3.05, 3.63) is 0 Å². The Labute approximate surface area is 243 Å². The lowest BCUT2D eigenvalue weighted by Gasteiger charge is -2.42. The highest BCUT2D eigenvalue weighted by atomic mass is 32.2. The lowest BCUT2D eigenvalue weighted by atomic mass is 9.91. The average molecular weight is 731 g/mol. The smallest absolute Gasteiger partial charge is 0.460 e. The lowest BCUT2D eigenvalue weighted by Crippen LogP contribution is -2.75. The number of unbranched alkanes of at least 4 members (excludes halogenated alkanes) is 2. The van der Waals surface area contributed by atoms with Crippen LogP contribution in [0.25, 0.3) is 0 Å². The first-order valence-corrected chi connectivity index (χ1v) is 15.2. The van der Waals surface area contributed by atoms with Gasteiger partial charge in [-0.05, 0) is 30.2 Å². The summed E-state index contributed by atoms with van der Waals surface area (Å²) in [4.78, 5) is 11.6. The molecule has 0 amide bonds. The zero-order valence-electron chi connectivity index (χ0n) is 22.7. The van der Waals surface area contributed by atoms with Crippen LogP contribution in [-0.4, -0.2) is 83.0 Å². The molecule has 266 valence electrons. The number of rotatable bonds is 17. The van der Waals surface area contributed by atoms with E-state index in [1.54, 1.807) is 0 Å². The van der Waals surface area contributed by atoms with Crippen LogP contribution < -0.4 is 0 Å². The Morgan fingerprint density at radius 3 is 1.16 bits per heavy atom. The standard InChI is InChI=1S/C13H27OS.C8HF17O3S/c1-4-7-10-15(11-8-5-2)12-13(14)9-6-3;9-1(10,3(13,14)5(17,18)7(21,22)23)2(11,12)4(15,16)6(19,20)8(24,25)29(26,27)28/h4-12H2,1-3H3;(H,26,27,28)/q+1;/p-1. The molecule has 0 aliphatic heterocycles. The van der Waals surface area contributed by atoms with E-state index < -0.39 is 57.1 Å². The minimum absolute atomic E-state index is 0.395. The fourth-order valence-corrected chi connectivity index (χ4v) is 5.76. The largest absolute Gasteiger partial charge is 0.743 e. The second-order valence-corrected chi connectivity index (χ2v) is 12.8. The second-order valence-electron chi connectivity index (χ2n) is 9.08. The van der Waals surface area contributed by atoms with Gasteiger partial charge in [-0.2, -0.15) is 74.6 Å². The van der Waals surface area contributed by atoms with E-state index in [0.29, 0.717) is 16.7 Å². The van der Waals surface area contributed by atoms with Gasteiger partial charge in [0.05, 0.1) is 0 Å². The summed E-state index contributed by atoms with van der Waals surface area (Å²) >= 11 is 0. The Balaban J connectivity index is 0. The Bertz CT molecular complexity index is 1020. The summed E-state index contributed by atoms with van der Waals surface area (Å²) in [7, 11) is -7.75. The quantitative estimate of drug-likeness (QED) is 0.0863. The average Bonchev–Trinajstić information content (AvgIpc) is 2.84. The van der Waals surface area contributed by atoms with Crippen LogP contribution in [0.1, 0.15) is 59.3 Å². The van der Waals surface area contributed by atoms with Crippen molar-refractivity contribution in [1.29, 1.82) is 0 Å². The number of Topliss-reactive ketones (excluding diaryl/α,β-unsaturated/α-hetero) is 1. The molecule has 23 heteroatoms. The van der Waals surface area contributed by atoms with E-state index in [2.05, 4.69) is 20.8 Å². The molecule has 0 aliphatic carbocycles. The van der Waals surface area contributed by atoms with Gasteiger partial charge < -0.3 is 4.55 Å². The van der Waals surface area contributed by atoms with E-state index in [1.807, 2.05) is 0 Å². The second kappa shape index (κ2) is 15.1. The summed E-state index contributed by atoms with van der Waals surface area (Å²) in [5, 5.41) is -7.95. The lowest BCUT2D eigenvalue weighted by molar-refractivity contribution is -0.458. The van der Waals surface area contributed by atoms with Crippen molar-refractivity contribution in [3.63, 3.8) is 0 Å². The highest BCUT2D eigenvalue weighted by Gasteiger charge is 2.95. The molecule has 0 rings (SSSR count). The third-order valence-electron chi connectivity index (χ3n) is 5.47. The molecular weight excluding hydrogens is 703 g/mol. The first-order valence-electron chi connectivity index (χ1n) is 12.1. The summed E-state index contributed by atoms with van der Waals surface area (Å²) in [6.07, 6.45) is -0.969. The molecular formula is C21H27F17O4S2. The number of carbonyl (C=O) groups is 1. The molecule has 0 aromatic carbocycles. The molecule has 4 nitrogen and oxygen atoms in total. The molecule has 0 spiro atoms. The maximum atomic E-state index is 13.0. The molecule has 0 radical (unpaired) electrons. The van der Waals surface area contributed by atoms with Crippen molar-refractivity contribution >= 4 is 26.8 Å². The van der Waals surface area contributed by atoms with Gasteiger partial charge in [0.15, 0.2) is 21.7 Å². The summed E-state index contributed by atoms with van der Waals surface area (Å²) in [6.45, 7) is 6.55. The van der Waals surface area contributed by atoms with Crippen LogP contribution in [0.5, 0.6) is 0 Å². The predicted molar refractivity (Wildman–Crippen MR) is 122 cm³/mol. The molecule has 0 fully saturated rings. The van der Waals surface area contributed by atoms with E-state index >= 15 is 0 Å². The number of ketones is 1. The van der Waals surface area contributed by atoms with Gasteiger partial charge >= 0.3 is 47.0 Å². The van der Waals surface area contributed by atoms with Crippen molar-refractivity contribution < 1.29 is 92.4 Å². The molecule has 0 atom stereocenters. The summed E-state index contributed by atoms with van der Waals surface area (Å²) in [5.74, 6) is -48.2. The van der Waals surface area contributed by atoms with Gasteiger partial charge in [-0.25, -0.2) is 8.42 Å². The molecule has 0 heterocycles. The van der Waals surface area contributed by atoms with E-state index in [1.165, 1.54) is 37.2 Å². The third kappa shape index (κ3) is 8.75. The predicted octanol–water partition coefficient (Wildman–Crippen LogP) is 8.07. The number of alkyl halides is 17. The first-order chi connectivity index (χ1) is 19.2. The van der Waals surface area contributed by atoms with E-state index in [0.717, 1.165) is 18.6 Å². The van der Waals surface area contributed by atoms with E-state index in [9.17, 15) is 92.4 Å². The first kappa shape index (κ1) is 44.9. The monoisotopic (exact) mass is 730 g/mol. The van der Waals surface area contributed by atoms with E-state index in [-0.39, 0.29) is 0 Å². The van der Waals surface area contributed by atoms with Crippen LogP contribution in [0.2, 0.25) is 0 Å². The van der Waals surface area contributed by atoms with Crippen molar-refractivity contribution in [2.75, 3.05) is 17.3 Å². The van der Waals surface area contributed by atoms with Crippen LogP contribution in [-0.2, 0) is 25.8 Å². The molecule has 0 bridgehead atoms. The van der Waals surface area contributed by atoms with Gasteiger partial charge in [-0.3, -0.25) is 4.79 Å². The van der Waals surface area contributed by atoms with Crippen LogP contribution in [0.15, 0.2) is 0 Å². The number of hydrogen-bond acceptors (Lipinski definition) is 4. The van der Waals surface area contributed by atoms with Crippen LogP contribution in [0.3, 0.4) is 0 Å². The zero-order valence-corrected chi connectivity index (χ0v) is 24.4. The summed E-state index contributed by atoms with van der Waals surface area (Å²) < 4.78 is 244. The zero-order chi connectivity index (χ0) is 36.0. The Morgan fingerprint density at radius 2 is 0.886 bits per heavy atom. The summed E-state index contributed by atoms with van der Waals surface area (Å²) in [6, 6.07) is 0. The van der Waals surface area contributed by atoms with Gasteiger partial charge in [0, 0.05) is 6.42 Å². The SMILES string of the molecule is CCCC[S+](CCCC)CC(=O)CCC.O=S(=O)([O-])C(F)(F)C(F)(F)C(F)(F)C(F)(F)C(F)(F)C(F)(F)C(F)(F)C(F)(F)F. The fraction of sp³-hybridized carbons (Fsp3) is 0.952. The maximum Gasteiger partial charge on any atom is 0.460 e. The van der Waals surface area contributed by atoms with E-state index in [4.69, 9.17) is 0 Å². The molecule has 0 aromatic heterocycles. The van der Waals surface area contributed by atoms with Crippen LogP contribution in [0, 0.1) is 0 Å². The van der Waals surface area contributed by atoms with Gasteiger partial charge in [-0.1, -0.05) is 33.6 Å². The molecule has 0 saturated carbocycles. The van der Waals surface area contributed by atoms with Crippen molar-refractivity contribution in [1.82, 2.24) is 0 Å². The van der Waals surface area contributed by atoms with Gasteiger partial charge in [0.2, 0.25) is 0 Å². The third-order valence-corrected chi connectivity index (χ3v) is 8.82. The normalized spacial score (nSPS) is 14.9. The number of hydrogen-bond donors (Lipinski definition) is 0. The number of carbonyl (C=O) groups excluding carboxylic acids is 1. The topological polar surface area (TPSA) is 74.3 Å². The Morgan fingerprint density at radius 1 is 0.568 bits per heavy atom. The van der Waals surface area contributed by atoms with Crippen LogP contribution in [0.4, 0.5) is 74.6 Å². The van der Waals surface area contributed by atoms with Crippen LogP contribution >= 0.6 is 0 Å². The highest BCUT2D eigenvalue weighted by molar-refractivity contribution is 7.97. The number of halogens is 17. The van der Waals surface area contributed by atoms with Gasteiger partial charge in [0.25, 0.3) is 0 Å². The fourth-order valence-electron chi connectivity index (χ4n) is 2.83. The minimum atomic E-state index is -8.92. The van der Waals surface area contributed by atoms with Gasteiger partial charge in [0.1, 0.15) is 11.5 Å². The Kier molecular flexibility index (Phi) is 15.4. The molecule has 44 heavy (non-hydrogen) atoms. The highest BCUT2D eigenvalue weighted by Crippen LogP contribution is 2.64. The van der Waals surface area contributed by atoms with Gasteiger partial charge in [-0.15, -0.1) is 0 Å². The molecule has 0 N–H and O–H groups in total. The maximum absolute atomic E-state index is 13.0.